The maximum atomic E-state index is 14.0. The molecule has 2 unspecified atom stereocenters. The topological polar surface area (TPSA) is 74.2 Å². The summed E-state index contributed by atoms with van der Waals surface area (Å²) < 4.78 is 59.1. The van der Waals surface area contributed by atoms with Gasteiger partial charge >= 0.3 is 7.82 Å². The molecule has 0 radical (unpaired) electrons. The summed E-state index contributed by atoms with van der Waals surface area (Å²) in [5.41, 5.74) is 0.448. The molecule has 0 amide bonds. The summed E-state index contributed by atoms with van der Waals surface area (Å²) in [6.45, 7) is 1.60. The van der Waals surface area contributed by atoms with Crippen LogP contribution in [0.4, 0.5) is 8.78 Å². The molecule has 0 bridgehead atoms. The average molecular weight is 352 g/mol. The zero-order chi connectivity index (χ0) is 17.2. The van der Waals surface area contributed by atoms with Crippen LogP contribution in [0.3, 0.4) is 0 Å². The Morgan fingerprint density at radius 1 is 1.35 bits per heavy atom. The minimum atomic E-state index is -4.22. The first-order chi connectivity index (χ1) is 10.8. The van der Waals surface area contributed by atoms with Gasteiger partial charge < -0.3 is 14.4 Å². The van der Waals surface area contributed by atoms with Crippen molar-refractivity contribution in [3.63, 3.8) is 0 Å². The van der Waals surface area contributed by atoms with E-state index in [4.69, 9.17) is 14.0 Å². The highest BCUT2D eigenvalue weighted by molar-refractivity contribution is 7.47. The molecule has 1 aliphatic heterocycles. The Bertz CT molecular complexity index is 611. The molecule has 1 N–H and O–H groups in total. The van der Waals surface area contributed by atoms with Gasteiger partial charge in [-0.05, 0) is 18.6 Å². The molecule has 23 heavy (non-hydrogen) atoms. The second-order valence-corrected chi connectivity index (χ2v) is 6.79. The van der Waals surface area contributed by atoms with Crippen LogP contribution in [-0.2, 0) is 23.1 Å². The molecule has 0 spiro atoms. The summed E-state index contributed by atoms with van der Waals surface area (Å²) in [5, 5.41) is 0. The van der Waals surface area contributed by atoms with E-state index in [0.717, 1.165) is 13.2 Å². The van der Waals surface area contributed by atoms with Crippen LogP contribution in [0.15, 0.2) is 12.1 Å². The number of rotatable bonds is 6. The van der Waals surface area contributed by atoms with Crippen molar-refractivity contribution < 1.29 is 36.8 Å². The van der Waals surface area contributed by atoms with Crippen LogP contribution in [0, 0.1) is 18.6 Å². The molecule has 6 nitrogen and oxygen atoms in total. The summed E-state index contributed by atoms with van der Waals surface area (Å²) in [6.07, 6.45) is -2.12. The van der Waals surface area contributed by atoms with E-state index in [1.165, 1.54) is 20.1 Å². The lowest BCUT2D eigenvalue weighted by Gasteiger charge is -2.19. The third-order valence-corrected chi connectivity index (χ3v) is 4.65. The van der Waals surface area contributed by atoms with Crippen LogP contribution in [0.25, 0.3) is 0 Å². The van der Waals surface area contributed by atoms with Crippen molar-refractivity contribution in [2.45, 2.75) is 31.7 Å². The number of halogens is 2. The van der Waals surface area contributed by atoms with Crippen LogP contribution < -0.4 is 0 Å². The number of phosphoric ester groups is 1. The highest BCUT2D eigenvalue weighted by atomic mass is 31.2. The summed E-state index contributed by atoms with van der Waals surface area (Å²) in [5.74, 6) is -1.39. The van der Waals surface area contributed by atoms with Gasteiger partial charge in [0.1, 0.15) is 23.8 Å². The summed E-state index contributed by atoms with van der Waals surface area (Å²) in [6, 6.07) is 2.15. The van der Waals surface area contributed by atoms with E-state index in [0.29, 0.717) is 0 Å². The van der Waals surface area contributed by atoms with Crippen molar-refractivity contribution in [2.24, 2.45) is 0 Å². The van der Waals surface area contributed by atoms with Crippen LogP contribution in [0.1, 0.15) is 23.7 Å². The van der Waals surface area contributed by atoms with E-state index < -0.39 is 37.8 Å². The van der Waals surface area contributed by atoms with Crippen molar-refractivity contribution in [1.29, 1.82) is 0 Å². The Balaban J connectivity index is 2.23. The first-order valence-electron chi connectivity index (χ1n) is 6.94. The van der Waals surface area contributed by atoms with E-state index in [9.17, 15) is 18.2 Å². The van der Waals surface area contributed by atoms with E-state index >= 15 is 0 Å². The average Bonchev–Trinajstić information content (AvgIpc) is 2.85. The largest absolute Gasteiger partial charge is 0.472 e. The Labute approximate surface area is 132 Å². The Kier molecular flexibility index (Phi) is 5.89. The lowest BCUT2D eigenvalue weighted by Crippen LogP contribution is -2.28. The molecule has 130 valence electrons. The number of methoxy groups -OCH3 is 1. The third-order valence-electron chi connectivity index (χ3n) is 3.66. The van der Waals surface area contributed by atoms with E-state index in [-0.39, 0.29) is 24.2 Å². The van der Waals surface area contributed by atoms with Gasteiger partial charge in [0.25, 0.3) is 0 Å². The predicted octanol–water partition coefficient (Wildman–Crippen LogP) is 2.88. The number of aryl methyl sites for hydroxylation is 1. The van der Waals surface area contributed by atoms with E-state index in [1.54, 1.807) is 0 Å². The molecule has 1 aromatic rings. The zero-order valence-electron chi connectivity index (χ0n) is 13.0. The molecule has 1 aromatic carbocycles. The maximum absolute atomic E-state index is 14.0. The van der Waals surface area contributed by atoms with E-state index in [2.05, 4.69) is 4.52 Å². The molecule has 1 saturated heterocycles. The highest BCUT2D eigenvalue weighted by Gasteiger charge is 2.41. The van der Waals surface area contributed by atoms with Crippen molar-refractivity contribution in [3.8, 4) is 0 Å². The van der Waals surface area contributed by atoms with Crippen molar-refractivity contribution in [3.05, 3.63) is 34.9 Å². The minimum Gasteiger partial charge on any atom is -0.382 e. The van der Waals surface area contributed by atoms with E-state index in [1.807, 2.05) is 0 Å². The number of benzene rings is 1. The first kappa shape index (κ1) is 18.4. The molecule has 9 heteroatoms. The van der Waals surface area contributed by atoms with Gasteiger partial charge in [-0.2, -0.15) is 0 Å². The Morgan fingerprint density at radius 2 is 2.04 bits per heavy atom. The monoisotopic (exact) mass is 352 g/mol. The lowest BCUT2D eigenvalue weighted by molar-refractivity contribution is -0.0347. The van der Waals surface area contributed by atoms with Gasteiger partial charge in [-0.15, -0.1) is 0 Å². The second-order valence-electron chi connectivity index (χ2n) is 5.27. The second kappa shape index (κ2) is 7.34. The van der Waals surface area contributed by atoms with Gasteiger partial charge in [0.05, 0.1) is 12.7 Å². The predicted molar refractivity (Wildman–Crippen MR) is 76.9 cm³/mol. The summed E-state index contributed by atoms with van der Waals surface area (Å²) in [4.78, 5) is 9.45. The van der Waals surface area contributed by atoms with Gasteiger partial charge in [0, 0.05) is 32.3 Å². The maximum Gasteiger partial charge on any atom is 0.472 e. The molecule has 1 heterocycles. The quantitative estimate of drug-likeness (QED) is 0.794. The molecule has 0 aromatic heterocycles. The molecule has 0 aliphatic carbocycles. The summed E-state index contributed by atoms with van der Waals surface area (Å²) in [7, 11) is -1.74. The zero-order valence-corrected chi connectivity index (χ0v) is 13.9. The number of ether oxygens (including phenoxy) is 2. The fourth-order valence-corrected chi connectivity index (χ4v) is 3.13. The van der Waals surface area contributed by atoms with Crippen molar-refractivity contribution in [2.75, 3.05) is 20.8 Å². The molecular formula is C14H19F2O6P. The van der Waals surface area contributed by atoms with Gasteiger partial charge in [0.15, 0.2) is 0 Å². The van der Waals surface area contributed by atoms with Gasteiger partial charge in [0.2, 0.25) is 0 Å². The molecule has 4 atom stereocenters. The highest BCUT2D eigenvalue weighted by Crippen LogP contribution is 2.48. The normalized spacial score (nSPS) is 27.1. The van der Waals surface area contributed by atoms with Crippen LogP contribution in [0.5, 0.6) is 0 Å². The number of phosphoric acid groups is 1. The smallest absolute Gasteiger partial charge is 0.382 e. The molecule has 1 fully saturated rings. The number of hydrogen-bond acceptors (Lipinski definition) is 5. The standard InChI is InChI=1S/C14H19F2O6P/c1-8-4-9(11(16)5-10(8)15)12-6-13(14(21-12)7-19-2)22-23(17,18)20-3/h4-5,12-14H,6-7H2,1-3H3,(H,17,18)/t12-,13?,14-/m1/s1. The fraction of sp³-hybridized carbons (Fsp3) is 0.571. The first-order valence-corrected chi connectivity index (χ1v) is 8.43. The van der Waals surface area contributed by atoms with Crippen LogP contribution in [-0.4, -0.2) is 37.9 Å². The summed E-state index contributed by atoms with van der Waals surface area (Å²) >= 11 is 0. The van der Waals surface area contributed by atoms with Crippen LogP contribution in [0.2, 0.25) is 0 Å². The minimum absolute atomic E-state index is 0.0900. The van der Waals surface area contributed by atoms with Gasteiger partial charge in [-0.3, -0.25) is 9.05 Å². The van der Waals surface area contributed by atoms with Crippen LogP contribution >= 0.6 is 7.82 Å². The molecule has 2 rings (SSSR count). The Morgan fingerprint density at radius 3 is 2.65 bits per heavy atom. The van der Waals surface area contributed by atoms with Gasteiger partial charge in [-0.1, -0.05) is 0 Å². The SMILES string of the molecule is COC[C@H]1O[C@@H](c2cc(C)c(F)cc2F)CC1OP(=O)(O)OC. The van der Waals surface area contributed by atoms with Crippen molar-refractivity contribution in [1.82, 2.24) is 0 Å². The van der Waals surface area contributed by atoms with Crippen molar-refractivity contribution >= 4 is 7.82 Å². The third kappa shape index (κ3) is 4.35. The fourth-order valence-electron chi connectivity index (χ4n) is 2.48. The molecule has 0 saturated carbocycles. The molecular weight excluding hydrogens is 333 g/mol. The Hall–Kier alpha value is -0.890. The van der Waals surface area contributed by atoms with Gasteiger partial charge in [-0.25, -0.2) is 13.3 Å². The molecule has 1 aliphatic rings. The number of hydrogen-bond donors (Lipinski definition) is 1. The lowest BCUT2D eigenvalue weighted by atomic mass is 10.0.